The van der Waals surface area contributed by atoms with E-state index in [1.807, 2.05) is 13.8 Å². The van der Waals surface area contributed by atoms with Gasteiger partial charge in [0.05, 0.1) is 30.2 Å². The summed E-state index contributed by atoms with van der Waals surface area (Å²) in [6, 6.07) is -0.0327. The zero-order valence-corrected chi connectivity index (χ0v) is 22.7. The van der Waals surface area contributed by atoms with Gasteiger partial charge in [0.1, 0.15) is 20.3 Å². The van der Waals surface area contributed by atoms with Gasteiger partial charge in [0.2, 0.25) is 0 Å². The number of sulfone groups is 1. The largest absolute Gasteiger partial charge is 0.426 e. The maximum Gasteiger partial charge on any atom is 0.426 e. The number of carbonyl (C=O) groups excluding carboxylic acids is 1. The average Bonchev–Trinajstić information content (AvgIpc) is 3.43. The second-order valence-electron chi connectivity index (χ2n) is 9.84. The predicted octanol–water partition coefficient (Wildman–Crippen LogP) is 3.00. The van der Waals surface area contributed by atoms with Gasteiger partial charge in [-0.25, -0.2) is 8.42 Å². The van der Waals surface area contributed by atoms with Crippen molar-refractivity contribution in [3.63, 3.8) is 0 Å². The van der Waals surface area contributed by atoms with Gasteiger partial charge in [0.15, 0.2) is 0 Å². The highest BCUT2D eigenvalue weighted by atomic mass is 32.2. The average molecular weight is 564 g/mol. The number of piperidine rings is 1. The third-order valence-corrected chi connectivity index (χ3v) is 9.25. The van der Waals surface area contributed by atoms with E-state index in [4.69, 9.17) is 4.74 Å². The number of nitrogens with zero attached hydrogens (tertiary/aromatic N) is 4. The van der Waals surface area contributed by atoms with E-state index in [1.54, 1.807) is 6.20 Å². The predicted molar refractivity (Wildman–Crippen MR) is 132 cm³/mol. The van der Waals surface area contributed by atoms with Crippen LogP contribution in [0.5, 0.6) is 0 Å². The number of hydrogen-bond acceptors (Lipinski definition) is 8. The molecule has 2 aromatic heterocycles. The fraction of sp³-hybridized carbons (Fsp3) is 0.696. The number of amides is 1. The summed E-state index contributed by atoms with van der Waals surface area (Å²) in [5.74, 6) is -0.703. The summed E-state index contributed by atoms with van der Waals surface area (Å²) < 4.78 is 72.5. The summed E-state index contributed by atoms with van der Waals surface area (Å²) in [4.78, 5) is 14.6. The molecule has 1 N–H and O–H groups in total. The minimum Gasteiger partial charge on any atom is -0.369 e. The number of hydrogen-bond donors (Lipinski definition) is 1. The zero-order chi connectivity index (χ0) is 27.0. The van der Waals surface area contributed by atoms with Gasteiger partial charge in [-0.3, -0.25) is 14.4 Å². The van der Waals surface area contributed by atoms with Gasteiger partial charge in [0.25, 0.3) is 5.91 Å². The van der Waals surface area contributed by atoms with Crippen molar-refractivity contribution in [1.29, 1.82) is 0 Å². The molecule has 1 spiro atoms. The standard InChI is InChI=1S/C23H32F3N5O4S2/c1-4-7-27-21(32)18-17-5-10-35-22(19(17)36-20(18)23(24,25)26)6-8-30(15(2)12-22)13-16-14-31(29-28-16)9-11-37(3,33)34/h14-15H,4-13H2,1-3H3,(H,27,32)/t15-,22+/m0/s1. The smallest absolute Gasteiger partial charge is 0.369 e. The quantitative estimate of drug-likeness (QED) is 0.526. The molecule has 0 bridgehead atoms. The van der Waals surface area contributed by atoms with Crippen LogP contribution >= 0.6 is 11.3 Å². The summed E-state index contributed by atoms with van der Waals surface area (Å²) in [5.41, 5.74) is 0.0350. The van der Waals surface area contributed by atoms with Crippen LogP contribution in [-0.4, -0.2) is 72.0 Å². The molecule has 206 valence electrons. The molecule has 9 nitrogen and oxygen atoms in total. The van der Waals surface area contributed by atoms with Gasteiger partial charge in [-0.2, -0.15) is 13.2 Å². The van der Waals surface area contributed by atoms with Crippen molar-refractivity contribution in [2.45, 2.75) is 70.4 Å². The van der Waals surface area contributed by atoms with Crippen LogP contribution in [0.15, 0.2) is 6.20 Å². The molecule has 0 aromatic carbocycles. The van der Waals surface area contributed by atoms with Gasteiger partial charge in [-0.15, -0.1) is 16.4 Å². The molecule has 2 aromatic rings. The van der Waals surface area contributed by atoms with Gasteiger partial charge >= 0.3 is 6.18 Å². The molecule has 1 amide bonds. The molecule has 0 radical (unpaired) electrons. The maximum absolute atomic E-state index is 14.0. The summed E-state index contributed by atoms with van der Waals surface area (Å²) in [7, 11) is -3.12. The first-order chi connectivity index (χ1) is 17.3. The summed E-state index contributed by atoms with van der Waals surface area (Å²) in [6.07, 6.45) is 0.125. The number of thiophene rings is 1. The third-order valence-electron chi connectivity index (χ3n) is 6.87. The van der Waals surface area contributed by atoms with E-state index in [0.29, 0.717) is 66.4 Å². The van der Waals surface area contributed by atoms with Crippen molar-refractivity contribution in [2.75, 3.05) is 31.7 Å². The Morgan fingerprint density at radius 3 is 2.78 bits per heavy atom. The highest BCUT2D eigenvalue weighted by Gasteiger charge is 2.49. The number of ether oxygens (including phenoxy) is 1. The van der Waals surface area contributed by atoms with Gasteiger partial charge in [-0.1, -0.05) is 12.1 Å². The first-order valence-corrected chi connectivity index (χ1v) is 15.2. The minimum absolute atomic E-state index is 0.0305. The molecule has 0 unspecified atom stereocenters. The Balaban J connectivity index is 1.54. The Labute approximate surface area is 218 Å². The molecular formula is C23H32F3N5O4S2. The number of nitrogens with one attached hydrogen (secondary N) is 1. The third kappa shape index (κ3) is 6.18. The maximum atomic E-state index is 14.0. The minimum atomic E-state index is -4.63. The number of fused-ring (bicyclic) bond motifs is 2. The Morgan fingerprint density at radius 1 is 1.38 bits per heavy atom. The van der Waals surface area contributed by atoms with Crippen molar-refractivity contribution < 1.29 is 31.1 Å². The van der Waals surface area contributed by atoms with Crippen LogP contribution in [0, 0.1) is 0 Å². The summed E-state index contributed by atoms with van der Waals surface area (Å²) >= 11 is 0.650. The van der Waals surface area contributed by atoms with Crippen LogP contribution in [0.25, 0.3) is 0 Å². The molecule has 0 saturated carbocycles. The fourth-order valence-corrected chi connectivity index (χ4v) is 6.98. The molecule has 37 heavy (non-hydrogen) atoms. The van der Waals surface area contributed by atoms with Crippen molar-refractivity contribution >= 4 is 27.1 Å². The van der Waals surface area contributed by atoms with Crippen LogP contribution in [-0.2, 0) is 45.9 Å². The molecule has 2 aliphatic rings. The molecule has 1 fully saturated rings. The van der Waals surface area contributed by atoms with Crippen LogP contribution in [0.2, 0.25) is 0 Å². The van der Waals surface area contributed by atoms with E-state index >= 15 is 0 Å². The first-order valence-electron chi connectivity index (χ1n) is 12.3. The van der Waals surface area contributed by atoms with Crippen molar-refractivity contribution in [2.24, 2.45) is 0 Å². The summed E-state index contributed by atoms with van der Waals surface area (Å²) in [6.45, 7) is 5.68. The normalized spacial score (nSPS) is 22.8. The van der Waals surface area contributed by atoms with Gasteiger partial charge < -0.3 is 10.1 Å². The van der Waals surface area contributed by atoms with Gasteiger partial charge in [-0.05, 0) is 38.2 Å². The lowest BCUT2D eigenvalue weighted by molar-refractivity contribution is -0.134. The van der Waals surface area contributed by atoms with E-state index in [1.165, 1.54) is 10.9 Å². The zero-order valence-electron chi connectivity index (χ0n) is 21.1. The lowest BCUT2D eigenvalue weighted by atomic mass is 9.81. The monoisotopic (exact) mass is 563 g/mol. The highest BCUT2D eigenvalue weighted by molar-refractivity contribution is 7.90. The molecule has 2 atom stereocenters. The van der Waals surface area contributed by atoms with Crippen molar-refractivity contribution in [3.8, 4) is 0 Å². The first kappa shape index (κ1) is 28.0. The Bertz CT molecular complexity index is 1240. The number of likely N-dealkylation sites (tertiary alicyclic amines) is 1. The number of halogens is 3. The SMILES string of the molecule is CCCNC(=O)c1c(C(F)(F)F)sc2c1CCO[C@@]21CCN(Cc2cn(CCS(C)(=O)=O)nn2)[C@@H](C)C1. The molecule has 14 heteroatoms. The molecular weight excluding hydrogens is 531 g/mol. The molecule has 4 rings (SSSR count). The Hall–Kier alpha value is -2.03. The molecule has 0 aliphatic carbocycles. The van der Waals surface area contributed by atoms with Crippen LogP contribution in [0.1, 0.15) is 64.5 Å². The second-order valence-corrected chi connectivity index (χ2v) is 13.1. The van der Waals surface area contributed by atoms with E-state index in [2.05, 4.69) is 20.5 Å². The van der Waals surface area contributed by atoms with Crippen LogP contribution < -0.4 is 5.32 Å². The Morgan fingerprint density at radius 2 is 2.14 bits per heavy atom. The topological polar surface area (TPSA) is 106 Å². The van der Waals surface area contributed by atoms with E-state index < -0.39 is 32.4 Å². The van der Waals surface area contributed by atoms with Gasteiger partial charge in [0, 0.05) is 43.0 Å². The van der Waals surface area contributed by atoms with E-state index in [-0.39, 0.29) is 36.9 Å². The highest BCUT2D eigenvalue weighted by Crippen LogP contribution is 2.51. The summed E-state index contributed by atoms with van der Waals surface area (Å²) in [5, 5.41) is 10.8. The van der Waals surface area contributed by atoms with E-state index in [0.717, 1.165) is 0 Å². The lowest BCUT2D eigenvalue weighted by Crippen LogP contribution is -2.50. The molecule has 1 saturated heterocycles. The van der Waals surface area contributed by atoms with Crippen molar-refractivity contribution in [1.82, 2.24) is 25.2 Å². The molecule has 2 aliphatic heterocycles. The van der Waals surface area contributed by atoms with Crippen LogP contribution in [0.4, 0.5) is 13.2 Å². The number of aromatic nitrogens is 3. The number of aryl methyl sites for hydroxylation is 1. The second kappa shape index (κ2) is 10.6. The molecule has 4 heterocycles. The number of alkyl halides is 3. The Kier molecular flexibility index (Phi) is 8.03. The lowest BCUT2D eigenvalue weighted by Gasteiger charge is -2.47. The fourth-order valence-electron chi connectivity index (χ4n) is 5.07. The number of carbonyl (C=O) groups is 1. The number of rotatable bonds is 8. The van der Waals surface area contributed by atoms with Crippen LogP contribution in [0.3, 0.4) is 0 Å². The van der Waals surface area contributed by atoms with E-state index in [9.17, 15) is 26.4 Å². The van der Waals surface area contributed by atoms with Crippen molar-refractivity contribution in [3.05, 3.63) is 32.8 Å².